The van der Waals surface area contributed by atoms with Crippen LogP contribution in [0.2, 0.25) is 0 Å². The fraction of sp³-hybridized carbons (Fsp3) is 0.292. The molecule has 9 heteroatoms. The number of nitrogens with zero attached hydrogens (tertiary/aromatic N) is 6. The second-order valence-electron chi connectivity index (χ2n) is 8.19. The Balaban J connectivity index is 1.43. The Kier molecular flexibility index (Phi) is 5.60. The fourth-order valence-corrected chi connectivity index (χ4v) is 4.45. The van der Waals surface area contributed by atoms with Crippen LogP contribution in [0.1, 0.15) is 30.1 Å². The first-order valence-electron chi connectivity index (χ1n) is 10.9. The van der Waals surface area contributed by atoms with E-state index in [0.29, 0.717) is 48.5 Å². The summed E-state index contributed by atoms with van der Waals surface area (Å²) in [5.41, 5.74) is 2.56. The molecule has 0 saturated carbocycles. The molecule has 0 bridgehead atoms. The van der Waals surface area contributed by atoms with E-state index in [9.17, 15) is 9.90 Å². The minimum absolute atomic E-state index is 0.0229. The molecule has 1 aromatic carbocycles. The van der Waals surface area contributed by atoms with Crippen LogP contribution in [0.15, 0.2) is 61.2 Å². The fourth-order valence-electron chi connectivity index (χ4n) is 4.45. The minimum Gasteiger partial charge on any atom is -0.465 e. The van der Waals surface area contributed by atoms with Crippen LogP contribution in [-0.4, -0.2) is 53.4 Å². The number of rotatable bonds is 5. The van der Waals surface area contributed by atoms with Crippen molar-refractivity contribution in [1.29, 1.82) is 0 Å². The van der Waals surface area contributed by atoms with E-state index in [-0.39, 0.29) is 12.1 Å². The van der Waals surface area contributed by atoms with Crippen LogP contribution >= 0.6 is 0 Å². The van der Waals surface area contributed by atoms with E-state index in [4.69, 9.17) is 4.74 Å². The smallest absolute Gasteiger partial charge is 0.407 e. The average molecular weight is 444 g/mol. The van der Waals surface area contributed by atoms with Crippen LogP contribution in [0.5, 0.6) is 11.6 Å². The molecular formula is C24H24N6O3. The van der Waals surface area contributed by atoms with Crippen LogP contribution < -0.4 is 4.74 Å². The van der Waals surface area contributed by atoms with E-state index >= 15 is 0 Å². The molecule has 3 aromatic heterocycles. The lowest BCUT2D eigenvalue weighted by molar-refractivity contribution is 0.0898. The molecule has 0 radical (unpaired) electrons. The second kappa shape index (κ2) is 8.85. The van der Waals surface area contributed by atoms with Crippen LogP contribution in [-0.2, 0) is 6.42 Å². The normalized spacial score (nSPS) is 18.4. The van der Waals surface area contributed by atoms with E-state index in [1.807, 2.05) is 54.1 Å². The molecule has 1 fully saturated rings. The van der Waals surface area contributed by atoms with Gasteiger partial charge in [0.25, 0.3) is 0 Å². The molecule has 0 aliphatic carbocycles. The topological polar surface area (TPSA) is 106 Å². The van der Waals surface area contributed by atoms with Crippen molar-refractivity contribution in [3.63, 3.8) is 0 Å². The van der Waals surface area contributed by atoms with Crippen molar-refractivity contribution in [2.75, 3.05) is 6.54 Å². The van der Waals surface area contributed by atoms with E-state index in [1.165, 1.54) is 6.33 Å². The molecule has 2 atom stereocenters. The van der Waals surface area contributed by atoms with E-state index < -0.39 is 6.09 Å². The number of aryl methyl sites for hydroxylation is 1. The van der Waals surface area contributed by atoms with Gasteiger partial charge in [-0.15, -0.1) is 0 Å². The summed E-state index contributed by atoms with van der Waals surface area (Å²) in [6.07, 6.45) is 5.99. The summed E-state index contributed by atoms with van der Waals surface area (Å²) in [5, 5.41) is 15.1. The minimum atomic E-state index is -0.885. The number of aromatic nitrogens is 5. The maximum absolute atomic E-state index is 11.9. The number of piperidine rings is 1. The molecule has 4 aromatic rings. The van der Waals surface area contributed by atoms with Gasteiger partial charge in [0.2, 0.25) is 5.88 Å². The Morgan fingerprint density at radius 3 is 2.79 bits per heavy atom. The van der Waals surface area contributed by atoms with Gasteiger partial charge in [-0.1, -0.05) is 30.3 Å². The molecule has 168 valence electrons. The van der Waals surface area contributed by atoms with Gasteiger partial charge in [0.15, 0.2) is 11.4 Å². The number of likely N-dealkylation sites (tertiary alicyclic amines) is 1. The van der Waals surface area contributed by atoms with Crippen molar-refractivity contribution in [3.8, 4) is 11.6 Å². The van der Waals surface area contributed by atoms with Gasteiger partial charge in [-0.05, 0) is 43.9 Å². The zero-order valence-corrected chi connectivity index (χ0v) is 18.2. The zero-order valence-electron chi connectivity index (χ0n) is 18.2. The van der Waals surface area contributed by atoms with Gasteiger partial charge in [0, 0.05) is 18.8 Å². The number of benzene rings is 1. The van der Waals surface area contributed by atoms with Gasteiger partial charge >= 0.3 is 6.09 Å². The summed E-state index contributed by atoms with van der Waals surface area (Å²) in [6.45, 7) is 2.32. The molecule has 33 heavy (non-hydrogen) atoms. The molecule has 1 aliphatic rings. The number of hydrogen-bond donors (Lipinski definition) is 1. The molecule has 1 aliphatic heterocycles. The maximum atomic E-state index is 11.9. The number of amides is 1. The summed E-state index contributed by atoms with van der Waals surface area (Å²) in [5.74, 6) is 1.05. The lowest BCUT2D eigenvalue weighted by atomic mass is 9.92. The van der Waals surface area contributed by atoms with Gasteiger partial charge in [-0.2, -0.15) is 5.10 Å². The molecule has 1 saturated heterocycles. The van der Waals surface area contributed by atoms with Crippen molar-refractivity contribution in [3.05, 3.63) is 72.4 Å². The number of carboxylic acid groups (broad SMARTS) is 1. The third-order valence-corrected chi connectivity index (χ3v) is 6.11. The Morgan fingerprint density at radius 2 is 2.00 bits per heavy atom. The largest absolute Gasteiger partial charge is 0.465 e. The van der Waals surface area contributed by atoms with Crippen LogP contribution in [0.4, 0.5) is 4.79 Å². The summed E-state index contributed by atoms with van der Waals surface area (Å²) < 4.78 is 7.90. The number of carbonyl (C=O) groups is 1. The van der Waals surface area contributed by atoms with E-state index in [1.54, 1.807) is 17.3 Å². The lowest BCUT2D eigenvalue weighted by Gasteiger charge is -2.38. The molecule has 1 N–H and O–H groups in total. The SMILES string of the molecule is Cc1ncccc1Oc1ncnc2c1cnn2C1CCN(C(=O)O)C(Cc2ccccc2)C1. The van der Waals surface area contributed by atoms with Crippen molar-refractivity contribution in [1.82, 2.24) is 29.6 Å². The van der Waals surface area contributed by atoms with Gasteiger partial charge in [0.05, 0.1) is 17.9 Å². The van der Waals surface area contributed by atoms with E-state index in [0.717, 1.165) is 11.3 Å². The molecule has 9 nitrogen and oxygen atoms in total. The lowest BCUT2D eigenvalue weighted by Crippen LogP contribution is -2.47. The Bertz CT molecular complexity index is 1280. The third-order valence-electron chi connectivity index (χ3n) is 6.11. The Labute approximate surface area is 190 Å². The highest BCUT2D eigenvalue weighted by Crippen LogP contribution is 2.33. The standard InChI is InChI=1S/C24H24N6O3/c1-16-21(8-5-10-25-16)33-23-20-14-28-30(22(20)26-15-27-23)18-9-11-29(24(31)32)19(13-18)12-17-6-3-2-4-7-17/h2-8,10,14-15,18-19H,9,11-13H2,1H3,(H,31,32). The van der Waals surface area contributed by atoms with Crippen LogP contribution in [0.3, 0.4) is 0 Å². The number of fused-ring (bicyclic) bond motifs is 1. The maximum Gasteiger partial charge on any atom is 0.407 e. The predicted octanol–water partition coefficient (Wildman–Crippen LogP) is 4.25. The summed E-state index contributed by atoms with van der Waals surface area (Å²) in [6, 6.07) is 13.5. The first kappa shape index (κ1) is 20.9. The highest BCUT2D eigenvalue weighted by molar-refractivity contribution is 5.80. The molecule has 1 amide bonds. The second-order valence-corrected chi connectivity index (χ2v) is 8.19. The number of ether oxygens (including phenoxy) is 1. The van der Waals surface area contributed by atoms with Crippen molar-refractivity contribution in [2.24, 2.45) is 0 Å². The van der Waals surface area contributed by atoms with Gasteiger partial charge in [0.1, 0.15) is 11.7 Å². The Morgan fingerprint density at radius 1 is 1.15 bits per heavy atom. The molecule has 4 heterocycles. The average Bonchev–Trinajstić information content (AvgIpc) is 3.26. The predicted molar refractivity (Wildman–Crippen MR) is 121 cm³/mol. The first-order valence-corrected chi connectivity index (χ1v) is 10.9. The Hall–Kier alpha value is -4.01. The van der Waals surface area contributed by atoms with Gasteiger partial charge in [-0.3, -0.25) is 4.98 Å². The third kappa shape index (κ3) is 4.21. The highest BCUT2D eigenvalue weighted by Gasteiger charge is 2.33. The van der Waals surface area contributed by atoms with E-state index in [2.05, 4.69) is 20.1 Å². The number of hydrogen-bond acceptors (Lipinski definition) is 6. The quantitative estimate of drug-likeness (QED) is 0.490. The summed E-state index contributed by atoms with van der Waals surface area (Å²) in [7, 11) is 0. The first-order chi connectivity index (χ1) is 16.1. The summed E-state index contributed by atoms with van der Waals surface area (Å²) >= 11 is 0. The molecule has 2 unspecified atom stereocenters. The molecule has 0 spiro atoms. The van der Waals surface area contributed by atoms with Crippen LogP contribution in [0.25, 0.3) is 11.0 Å². The molecular weight excluding hydrogens is 420 g/mol. The van der Waals surface area contributed by atoms with Crippen molar-refractivity contribution in [2.45, 2.75) is 38.3 Å². The highest BCUT2D eigenvalue weighted by atomic mass is 16.5. The number of pyridine rings is 1. The van der Waals surface area contributed by atoms with Gasteiger partial charge < -0.3 is 14.7 Å². The van der Waals surface area contributed by atoms with Crippen molar-refractivity contribution < 1.29 is 14.6 Å². The van der Waals surface area contributed by atoms with Crippen molar-refractivity contribution >= 4 is 17.1 Å². The summed E-state index contributed by atoms with van der Waals surface area (Å²) in [4.78, 5) is 26.4. The van der Waals surface area contributed by atoms with Gasteiger partial charge in [-0.25, -0.2) is 19.4 Å². The molecule has 5 rings (SSSR count). The van der Waals surface area contributed by atoms with Crippen LogP contribution in [0, 0.1) is 6.92 Å². The monoisotopic (exact) mass is 444 g/mol. The zero-order chi connectivity index (χ0) is 22.8.